The Balaban J connectivity index is 3.79. The molecule has 0 saturated carbocycles. The molecule has 0 rings (SSSR count). The summed E-state index contributed by atoms with van der Waals surface area (Å²) in [6.07, 6.45) is 7.37. The maximum atomic E-state index is 11.4. The van der Waals surface area contributed by atoms with Gasteiger partial charge in [0.05, 0.1) is 6.54 Å². The van der Waals surface area contributed by atoms with Crippen LogP contribution in [0.4, 0.5) is 0 Å². The number of carbonyl (C=O) groups is 1. The van der Waals surface area contributed by atoms with Crippen LogP contribution in [0.5, 0.6) is 0 Å². The maximum absolute atomic E-state index is 11.4. The number of nitrogens with two attached hydrogens (primary N) is 1. The lowest BCUT2D eigenvalue weighted by molar-refractivity contribution is -0.129. The van der Waals surface area contributed by atoms with E-state index in [-0.39, 0.29) is 11.9 Å². The van der Waals surface area contributed by atoms with Crippen molar-refractivity contribution >= 4 is 5.91 Å². The fraction of sp³-hybridized carbons (Fsp3) is 0.700. The van der Waals surface area contributed by atoms with E-state index in [2.05, 4.69) is 12.8 Å². The fourth-order valence-corrected chi connectivity index (χ4v) is 1.08. The summed E-state index contributed by atoms with van der Waals surface area (Å²) >= 11 is 0. The fourth-order valence-electron chi connectivity index (χ4n) is 1.08. The second-order valence-electron chi connectivity index (χ2n) is 3.21. The van der Waals surface area contributed by atoms with Gasteiger partial charge in [-0.25, -0.2) is 0 Å². The molecule has 0 radical (unpaired) electrons. The van der Waals surface area contributed by atoms with Crippen molar-refractivity contribution in [3.05, 3.63) is 0 Å². The third-order valence-corrected chi connectivity index (χ3v) is 1.85. The predicted octanol–water partition coefficient (Wildman–Crippen LogP) is 0.595. The topological polar surface area (TPSA) is 46.3 Å². The minimum absolute atomic E-state index is 0.0268. The van der Waals surface area contributed by atoms with Gasteiger partial charge in [0.1, 0.15) is 0 Å². The van der Waals surface area contributed by atoms with Crippen molar-refractivity contribution in [2.45, 2.75) is 32.2 Å². The molecule has 0 aliphatic heterocycles. The number of terminal acetylenes is 1. The lowest BCUT2D eigenvalue weighted by atomic mass is 10.1. The molecule has 0 aliphatic rings. The second kappa shape index (κ2) is 6.50. The zero-order valence-corrected chi connectivity index (χ0v) is 8.42. The first kappa shape index (κ1) is 12.0. The van der Waals surface area contributed by atoms with E-state index >= 15 is 0 Å². The summed E-state index contributed by atoms with van der Waals surface area (Å²) in [5.41, 5.74) is 5.72. The lowest BCUT2D eigenvalue weighted by Crippen LogP contribution is -2.33. The van der Waals surface area contributed by atoms with E-state index in [9.17, 15) is 4.79 Å². The highest BCUT2D eigenvalue weighted by Gasteiger charge is 2.11. The summed E-state index contributed by atoms with van der Waals surface area (Å²) in [6.45, 7) is 2.41. The molecule has 3 nitrogen and oxygen atoms in total. The van der Waals surface area contributed by atoms with Gasteiger partial charge in [0.25, 0.3) is 0 Å². The average molecular weight is 182 g/mol. The summed E-state index contributed by atoms with van der Waals surface area (Å²) in [4.78, 5) is 12.9. The van der Waals surface area contributed by atoms with Crippen LogP contribution in [0, 0.1) is 12.3 Å². The molecule has 0 spiro atoms. The third-order valence-electron chi connectivity index (χ3n) is 1.85. The molecule has 13 heavy (non-hydrogen) atoms. The summed E-state index contributed by atoms with van der Waals surface area (Å²) in [6, 6.07) is -0.0299. The molecule has 0 aromatic heterocycles. The van der Waals surface area contributed by atoms with Gasteiger partial charge in [0.15, 0.2) is 0 Å². The molecule has 3 heteroatoms. The second-order valence-corrected chi connectivity index (χ2v) is 3.21. The van der Waals surface area contributed by atoms with E-state index in [4.69, 9.17) is 12.2 Å². The van der Waals surface area contributed by atoms with Crippen LogP contribution in [0.3, 0.4) is 0 Å². The van der Waals surface area contributed by atoms with E-state index < -0.39 is 0 Å². The first-order valence-electron chi connectivity index (χ1n) is 4.54. The molecule has 1 unspecified atom stereocenters. The van der Waals surface area contributed by atoms with Gasteiger partial charge >= 0.3 is 0 Å². The van der Waals surface area contributed by atoms with Crippen LogP contribution >= 0.6 is 0 Å². The minimum atomic E-state index is -0.0299. The van der Waals surface area contributed by atoms with Crippen molar-refractivity contribution in [1.29, 1.82) is 0 Å². The Hall–Kier alpha value is -1.01. The molecule has 74 valence electrons. The Bertz CT molecular complexity index is 196. The van der Waals surface area contributed by atoms with Crippen LogP contribution < -0.4 is 5.73 Å². The Morgan fingerprint density at radius 3 is 2.77 bits per heavy atom. The van der Waals surface area contributed by atoms with Gasteiger partial charge < -0.3 is 10.6 Å². The van der Waals surface area contributed by atoms with E-state index in [1.54, 1.807) is 7.05 Å². The Morgan fingerprint density at radius 1 is 1.69 bits per heavy atom. The molecule has 0 aromatic rings. The van der Waals surface area contributed by atoms with Crippen LogP contribution in [0.1, 0.15) is 26.2 Å². The van der Waals surface area contributed by atoms with E-state index in [1.165, 1.54) is 4.90 Å². The van der Waals surface area contributed by atoms with Crippen molar-refractivity contribution in [3.8, 4) is 12.3 Å². The van der Waals surface area contributed by atoms with Crippen LogP contribution in [0.2, 0.25) is 0 Å². The largest absolute Gasteiger partial charge is 0.335 e. The number of hydrogen-bond donors (Lipinski definition) is 1. The zero-order chi connectivity index (χ0) is 10.3. The van der Waals surface area contributed by atoms with E-state index in [0.29, 0.717) is 13.0 Å². The molecule has 0 aromatic carbocycles. The van der Waals surface area contributed by atoms with Crippen molar-refractivity contribution < 1.29 is 4.79 Å². The summed E-state index contributed by atoms with van der Waals surface area (Å²) in [7, 11) is 1.70. The molecule has 2 N–H and O–H groups in total. The molecule has 1 amide bonds. The van der Waals surface area contributed by atoms with Crippen LogP contribution in [0.25, 0.3) is 0 Å². The van der Waals surface area contributed by atoms with Gasteiger partial charge in [0.2, 0.25) is 5.91 Å². The first-order chi connectivity index (χ1) is 6.11. The van der Waals surface area contributed by atoms with Crippen LogP contribution in [-0.4, -0.2) is 30.4 Å². The first-order valence-corrected chi connectivity index (χ1v) is 4.54. The minimum Gasteiger partial charge on any atom is -0.335 e. The van der Waals surface area contributed by atoms with Gasteiger partial charge in [-0.3, -0.25) is 4.79 Å². The number of carbonyl (C=O) groups excluding carboxylic acids is 1. The lowest BCUT2D eigenvalue weighted by Gasteiger charge is -2.16. The van der Waals surface area contributed by atoms with Gasteiger partial charge in [-0.05, 0) is 6.42 Å². The average Bonchev–Trinajstić information content (AvgIpc) is 2.05. The highest BCUT2D eigenvalue weighted by molar-refractivity contribution is 5.76. The zero-order valence-electron chi connectivity index (χ0n) is 8.42. The summed E-state index contributed by atoms with van der Waals surface area (Å²) < 4.78 is 0. The summed E-state index contributed by atoms with van der Waals surface area (Å²) in [5.74, 6) is 2.44. The molecular formula is C10H18N2O. The van der Waals surface area contributed by atoms with E-state index in [0.717, 1.165) is 12.8 Å². The Morgan fingerprint density at radius 2 is 2.31 bits per heavy atom. The van der Waals surface area contributed by atoms with Crippen LogP contribution in [-0.2, 0) is 4.79 Å². The monoisotopic (exact) mass is 182 g/mol. The Kier molecular flexibility index (Phi) is 5.99. The van der Waals surface area contributed by atoms with Crippen molar-refractivity contribution in [2.24, 2.45) is 5.73 Å². The molecule has 0 heterocycles. The number of hydrogen-bond acceptors (Lipinski definition) is 2. The molecular weight excluding hydrogens is 164 g/mol. The molecule has 0 bridgehead atoms. The smallest absolute Gasteiger partial charge is 0.224 e. The van der Waals surface area contributed by atoms with E-state index in [1.807, 2.05) is 0 Å². The molecule has 0 fully saturated rings. The van der Waals surface area contributed by atoms with Crippen molar-refractivity contribution in [1.82, 2.24) is 4.90 Å². The summed E-state index contributed by atoms with van der Waals surface area (Å²) in [5, 5.41) is 0. The van der Waals surface area contributed by atoms with Gasteiger partial charge in [-0.2, -0.15) is 0 Å². The quantitative estimate of drug-likeness (QED) is 0.633. The predicted molar refractivity (Wildman–Crippen MR) is 54.0 cm³/mol. The third kappa shape index (κ3) is 5.26. The molecule has 0 saturated heterocycles. The van der Waals surface area contributed by atoms with Crippen molar-refractivity contribution in [3.63, 3.8) is 0 Å². The highest BCUT2D eigenvalue weighted by Crippen LogP contribution is 2.00. The Labute approximate surface area is 80.3 Å². The number of amides is 1. The highest BCUT2D eigenvalue weighted by atomic mass is 16.2. The molecule has 0 aliphatic carbocycles. The number of rotatable bonds is 5. The van der Waals surface area contributed by atoms with Gasteiger partial charge in [-0.15, -0.1) is 6.42 Å². The normalized spacial score (nSPS) is 11.8. The van der Waals surface area contributed by atoms with Crippen molar-refractivity contribution in [2.75, 3.05) is 13.6 Å². The molecule has 1 atom stereocenters. The number of nitrogens with zero attached hydrogens (tertiary/aromatic N) is 1. The SMILES string of the molecule is C#CCN(C)C(=O)CC(N)CCC. The maximum Gasteiger partial charge on any atom is 0.224 e. The van der Waals surface area contributed by atoms with Gasteiger partial charge in [0, 0.05) is 19.5 Å². The standard InChI is InChI=1S/C10H18N2O/c1-4-6-9(11)8-10(13)12(3)7-5-2/h2,9H,4,6-8,11H2,1,3H3. The van der Waals surface area contributed by atoms with Crippen LogP contribution in [0.15, 0.2) is 0 Å². The van der Waals surface area contributed by atoms with Gasteiger partial charge in [-0.1, -0.05) is 19.3 Å².